The minimum atomic E-state index is -0.122. The lowest BCUT2D eigenvalue weighted by molar-refractivity contribution is 0.100. The number of hydrogen-bond donors (Lipinski definition) is 3. The quantitative estimate of drug-likeness (QED) is 0.0525. The number of ketones is 4. The van der Waals surface area contributed by atoms with Crippen LogP contribution in [0.5, 0.6) is 23.0 Å². The molecule has 2 heterocycles. The van der Waals surface area contributed by atoms with Crippen molar-refractivity contribution in [3.8, 4) is 23.0 Å². The lowest BCUT2D eigenvalue weighted by Gasteiger charge is -2.06. The van der Waals surface area contributed by atoms with Gasteiger partial charge in [-0.2, -0.15) is 0 Å². The Kier molecular flexibility index (Phi) is 25.5. The van der Waals surface area contributed by atoms with Gasteiger partial charge in [0.05, 0.1) is 38.6 Å². The fraction of sp³-hybridized carbons (Fsp3) is 0.154. The van der Waals surface area contributed by atoms with E-state index in [2.05, 4.69) is 26.3 Å². The number of fused-ring (bicyclic) bond motifs is 2. The Balaban J connectivity index is 0.000000247. The van der Waals surface area contributed by atoms with Crippen LogP contribution < -0.4 is 15.6 Å². The van der Waals surface area contributed by atoms with Gasteiger partial charge in [0.15, 0.2) is 40.3 Å². The van der Waals surface area contributed by atoms with Crippen molar-refractivity contribution < 1.29 is 52.9 Å². The van der Waals surface area contributed by atoms with Gasteiger partial charge in [0, 0.05) is 12.1 Å². The summed E-state index contributed by atoms with van der Waals surface area (Å²) >= 11 is 0. The first-order chi connectivity index (χ1) is 37.2. The summed E-state index contributed by atoms with van der Waals surface area (Å²) in [7, 11) is 0. The second-order valence-corrected chi connectivity index (χ2v) is 17.0. The number of carbonyl (C=O) groups excluding carboxylic acids is 5. The molecule has 0 radical (unpaired) electrons. The van der Waals surface area contributed by atoms with Crippen LogP contribution in [0.15, 0.2) is 203 Å². The molecule has 0 saturated heterocycles. The highest BCUT2D eigenvalue weighted by Crippen LogP contribution is 2.25. The third-order valence-electron chi connectivity index (χ3n) is 11.0. The van der Waals surface area contributed by atoms with Crippen molar-refractivity contribution in [1.82, 2.24) is 0 Å². The zero-order valence-electron chi connectivity index (χ0n) is 44.7. The normalized spacial score (nSPS) is 9.82. The Labute approximate surface area is 453 Å². The monoisotopic (exact) mass is 1050 g/mol. The SMILES string of the molecule is C=CCOc1ccccc1C(C)=O.C=CCc1cccc(C(C)=O)c1O.C=CCc1cccc(C(C)=O)c1O.C=CCc1cccc2c(=O)cc(C)oc12.CC(=O)c1ccccc1O.Cc1cc(=O)c2cccc(C=O)c2o1. The number of benzene rings is 6. The highest BCUT2D eigenvalue weighted by molar-refractivity contribution is 5.99. The van der Waals surface area contributed by atoms with E-state index < -0.39 is 0 Å². The maximum Gasteiger partial charge on any atom is 0.192 e. The highest BCUT2D eigenvalue weighted by Gasteiger charge is 2.12. The molecule has 0 fully saturated rings. The first-order valence-corrected chi connectivity index (χ1v) is 24.3. The van der Waals surface area contributed by atoms with E-state index >= 15 is 0 Å². The van der Waals surface area contributed by atoms with Crippen LogP contribution in [0, 0.1) is 13.8 Å². The zero-order chi connectivity index (χ0) is 57.9. The number of rotatable bonds is 14. The molecule has 0 unspecified atom stereocenters. The van der Waals surface area contributed by atoms with E-state index in [1.807, 2.05) is 24.3 Å². The van der Waals surface area contributed by atoms with Gasteiger partial charge in [0.25, 0.3) is 0 Å². The summed E-state index contributed by atoms with van der Waals surface area (Å²) in [5.41, 5.74) is 5.57. The highest BCUT2D eigenvalue weighted by atomic mass is 16.5. The lowest BCUT2D eigenvalue weighted by Crippen LogP contribution is -2.01. The van der Waals surface area contributed by atoms with Gasteiger partial charge in [-0.1, -0.05) is 97.6 Å². The van der Waals surface area contributed by atoms with Gasteiger partial charge in [0.2, 0.25) is 0 Å². The maximum absolute atomic E-state index is 11.7. The number of carbonyl (C=O) groups is 5. The van der Waals surface area contributed by atoms with Crippen molar-refractivity contribution in [3.63, 3.8) is 0 Å². The molecule has 13 heteroatoms. The van der Waals surface area contributed by atoms with Gasteiger partial charge in [-0.3, -0.25) is 33.6 Å². The minimum absolute atomic E-state index is 0.0136. The van der Waals surface area contributed by atoms with Crippen molar-refractivity contribution in [2.75, 3.05) is 6.61 Å². The molecule has 0 saturated carbocycles. The van der Waals surface area contributed by atoms with E-state index in [1.54, 1.807) is 129 Å². The number of phenols is 3. The standard InChI is InChI=1S/C13H12O2.C11H8O3.3C11H12O2.C8H8O2/c1-3-5-10-6-4-7-11-12(14)8-9(2)15-13(10)11;1-7-5-10(13)9-4-2-3-8(6-12)11(9)14-7;1-3-8-13-11-7-5-4-6-10(11)9(2)12;2*1-3-5-9-6-4-7-10(8(2)12)11(9)13;1-6(9)7-4-2-3-5-8(7)10/h3-4,6-8H,1,5H2,2H3;2-6H,1H3;3-7H,1,8H2,2H3;2*3-4,6-7,13H,1,5H2,2H3;2-5,10H,1H3. The van der Waals surface area contributed by atoms with Crippen LogP contribution in [0.2, 0.25) is 0 Å². The number of aromatic hydroxyl groups is 3. The van der Waals surface area contributed by atoms with Gasteiger partial charge < -0.3 is 28.9 Å². The summed E-state index contributed by atoms with van der Waals surface area (Å²) in [5, 5.41) is 29.4. The minimum Gasteiger partial charge on any atom is -0.507 e. The molecule has 0 spiro atoms. The van der Waals surface area contributed by atoms with Crippen molar-refractivity contribution in [2.24, 2.45) is 0 Å². The van der Waals surface area contributed by atoms with Crippen molar-refractivity contribution >= 4 is 51.4 Å². The third-order valence-corrected chi connectivity index (χ3v) is 11.0. The molecular weight excluding hydrogens is 989 g/mol. The Morgan fingerprint density at radius 1 is 0.487 bits per heavy atom. The van der Waals surface area contributed by atoms with E-state index in [9.17, 15) is 43.8 Å². The van der Waals surface area contributed by atoms with Crippen LogP contribution in [0.3, 0.4) is 0 Å². The molecule has 0 amide bonds. The Hall–Kier alpha value is -9.75. The molecule has 8 aromatic rings. The van der Waals surface area contributed by atoms with E-state index in [0.717, 1.165) is 16.7 Å². The van der Waals surface area contributed by atoms with Crippen LogP contribution in [0.25, 0.3) is 21.9 Å². The molecule has 3 N–H and O–H groups in total. The van der Waals surface area contributed by atoms with Crippen LogP contribution in [0.4, 0.5) is 0 Å². The maximum atomic E-state index is 11.7. The first kappa shape index (κ1) is 62.5. The smallest absolute Gasteiger partial charge is 0.192 e. The largest absolute Gasteiger partial charge is 0.507 e. The molecule has 0 aliphatic heterocycles. The third kappa shape index (κ3) is 18.6. The van der Waals surface area contributed by atoms with Crippen LogP contribution in [-0.2, 0) is 19.3 Å². The molecular formula is C65H64O13. The molecule has 0 aliphatic carbocycles. The van der Waals surface area contributed by atoms with E-state index in [0.29, 0.717) is 99.2 Å². The van der Waals surface area contributed by atoms with E-state index in [1.165, 1.54) is 45.9 Å². The molecule has 0 atom stereocenters. The number of ether oxygens (including phenoxy) is 1. The molecule has 8 rings (SSSR count). The second kappa shape index (κ2) is 31.9. The number of phenolic OH excluding ortho intramolecular Hbond substituents is 3. The Morgan fingerprint density at radius 3 is 1.33 bits per heavy atom. The van der Waals surface area contributed by atoms with E-state index in [4.69, 9.17) is 18.7 Å². The van der Waals surface area contributed by atoms with Crippen molar-refractivity contribution in [2.45, 2.75) is 60.8 Å². The van der Waals surface area contributed by atoms with Crippen LogP contribution in [-0.4, -0.2) is 51.3 Å². The van der Waals surface area contributed by atoms with Gasteiger partial charge in [-0.15, -0.1) is 19.7 Å². The van der Waals surface area contributed by atoms with E-state index in [-0.39, 0.29) is 51.2 Å². The summed E-state index contributed by atoms with van der Waals surface area (Å²) in [5.74, 6) is 1.64. The van der Waals surface area contributed by atoms with Gasteiger partial charge in [-0.05, 0) is 132 Å². The molecule has 2 aromatic heterocycles. The summed E-state index contributed by atoms with van der Waals surface area (Å²) < 4.78 is 16.2. The van der Waals surface area contributed by atoms with Gasteiger partial charge in [0.1, 0.15) is 52.3 Å². The topological polar surface area (TPSA) is 216 Å². The van der Waals surface area contributed by atoms with Crippen LogP contribution >= 0.6 is 0 Å². The molecule has 0 aliphatic rings. The van der Waals surface area contributed by atoms with Gasteiger partial charge >= 0.3 is 0 Å². The molecule has 6 aromatic carbocycles. The van der Waals surface area contributed by atoms with Crippen molar-refractivity contribution in [1.29, 1.82) is 0 Å². The second-order valence-electron chi connectivity index (χ2n) is 17.0. The molecule has 78 heavy (non-hydrogen) atoms. The predicted octanol–water partition coefficient (Wildman–Crippen LogP) is 13.4. The number of allylic oxidation sites excluding steroid dienone is 3. The summed E-state index contributed by atoms with van der Waals surface area (Å²) in [4.78, 5) is 77.7. The number of aldehydes is 1. The number of aryl methyl sites for hydroxylation is 2. The average Bonchev–Trinajstić information content (AvgIpc) is 3.41. The lowest BCUT2D eigenvalue weighted by atomic mass is 10.0. The number of Topliss-reactive ketones (excluding diaryl/α,β-unsaturated/α-hetero) is 4. The molecule has 402 valence electrons. The van der Waals surface area contributed by atoms with Crippen molar-refractivity contribution in [3.05, 3.63) is 261 Å². The van der Waals surface area contributed by atoms with Gasteiger partial charge in [-0.25, -0.2) is 0 Å². The summed E-state index contributed by atoms with van der Waals surface area (Å²) in [6.07, 6.45) is 9.39. The van der Waals surface area contributed by atoms with Crippen LogP contribution in [0.1, 0.15) is 108 Å². The molecule has 0 bridgehead atoms. The summed E-state index contributed by atoms with van der Waals surface area (Å²) in [6.45, 7) is 24.1. The fourth-order valence-corrected chi connectivity index (χ4v) is 7.27. The summed E-state index contributed by atoms with van der Waals surface area (Å²) in [6, 6.07) is 37.5. The average molecular weight is 1050 g/mol. The first-order valence-electron chi connectivity index (χ1n) is 24.3. The Bertz CT molecular complexity index is 3490. The molecule has 13 nitrogen and oxygen atoms in total. The number of hydrogen-bond acceptors (Lipinski definition) is 13. The predicted molar refractivity (Wildman–Crippen MR) is 308 cm³/mol. The Morgan fingerprint density at radius 2 is 0.885 bits per heavy atom. The fourth-order valence-electron chi connectivity index (χ4n) is 7.27. The number of para-hydroxylation sites is 6. The zero-order valence-corrected chi connectivity index (χ0v) is 44.7.